The maximum atomic E-state index is 12.8. The van der Waals surface area contributed by atoms with E-state index >= 15 is 0 Å². The van der Waals surface area contributed by atoms with E-state index in [-0.39, 0.29) is 34.0 Å². The van der Waals surface area contributed by atoms with Gasteiger partial charge in [0.1, 0.15) is 0 Å². The van der Waals surface area contributed by atoms with Crippen molar-refractivity contribution in [3.8, 4) is 5.75 Å². The predicted molar refractivity (Wildman–Crippen MR) is 121 cm³/mol. The quantitative estimate of drug-likeness (QED) is 0.377. The number of para-hydroxylation sites is 1. The highest BCUT2D eigenvalue weighted by molar-refractivity contribution is 6.30. The second-order valence-electron chi connectivity index (χ2n) is 6.86. The van der Waals surface area contributed by atoms with Crippen molar-refractivity contribution >= 4 is 34.8 Å². The number of halogens is 1. The molecule has 3 aromatic rings. The normalized spacial score (nSPS) is 11.3. The van der Waals surface area contributed by atoms with Crippen LogP contribution in [0.15, 0.2) is 72.8 Å². The number of carbonyl (C=O) groups excluding carboxylic acids is 2. The Morgan fingerprint density at radius 3 is 2.47 bits per heavy atom. The van der Waals surface area contributed by atoms with E-state index in [0.29, 0.717) is 5.69 Å². The monoisotopic (exact) mass is 453 g/mol. The molecule has 164 valence electrons. The van der Waals surface area contributed by atoms with Crippen molar-refractivity contribution in [1.82, 2.24) is 5.32 Å². The van der Waals surface area contributed by atoms with Crippen LogP contribution in [-0.4, -0.2) is 23.3 Å². The number of carbonyl (C=O) groups is 2. The minimum absolute atomic E-state index is 0.0859. The summed E-state index contributed by atoms with van der Waals surface area (Å²) in [6.07, 6.45) is 0. The summed E-state index contributed by atoms with van der Waals surface area (Å²) in [5, 5.41) is 16.8. The van der Waals surface area contributed by atoms with Gasteiger partial charge in [0.15, 0.2) is 12.4 Å². The summed E-state index contributed by atoms with van der Waals surface area (Å²) in [6, 6.07) is 19.7. The van der Waals surface area contributed by atoms with Gasteiger partial charge in [-0.2, -0.15) is 0 Å². The van der Waals surface area contributed by atoms with E-state index < -0.39 is 17.4 Å². The van der Waals surface area contributed by atoms with E-state index in [0.717, 1.165) is 11.6 Å². The summed E-state index contributed by atoms with van der Waals surface area (Å²) in [4.78, 5) is 35.7. The van der Waals surface area contributed by atoms with Crippen LogP contribution in [0.5, 0.6) is 5.75 Å². The van der Waals surface area contributed by atoms with Crippen LogP contribution in [0.3, 0.4) is 0 Å². The number of rotatable bonds is 8. The Morgan fingerprint density at radius 1 is 1.06 bits per heavy atom. The fourth-order valence-corrected chi connectivity index (χ4v) is 3.14. The van der Waals surface area contributed by atoms with Gasteiger partial charge in [-0.1, -0.05) is 54.1 Å². The van der Waals surface area contributed by atoms with E-state index in [1.807, 2.05) is 37.3 Å². The van der Waals surface area contributed by atoms with Crippen molar-refractivity contribution < 1.29 is 19.2 Å². The predicted octanol–water partition coefficient (Wildman–Crippen LogP) is 4.76. The van der Waals surface area contributed by atoms with Crippen LogP contribution in [0, 0.1) is 10.1 Å². The van der Waals surface area contributed by atoms with Gasteiger partial charge in [0.25, 0.3) is 11.8 Å². The topological polar surface area (TPSA) is 111 Å². The number of benzene rings is 3. The van der Waals surface area contributed by atoms with Gasteiger partial charge in [0.2, 0.25) is 0 Å². The number of hydrogen-bond donors (Lipinski definition) is 2. The fourth-order valence-electron chi connectivity index (χ4n) is 2.97. The summed E-state index contributed by atoms with van der Waals surface area (Å²) in [5.41, 5.74) is 1.17. The van der Waals surface area contributed by atoms with E-state index in [1.165, 1.54) is 12.1 Å². The molecule has 0 radical (unpaired) electrons. The number of nitrogens with zero attached hydrogens (tertiary/aromatic N) is 1. The zero-order valence-electron chi connectivity index (χ0n) is 17.1. The second kappa shape index (κ2) is 10.4. The summed E-state index contributed by atoms with van der Waals surface area (Å²) in [6.45, 7) is 1.38. The van der Waals surface area contributed by atoms with Crippen molar-refractivity contribution in [2.45, 2.75) is 13.0 Å². The zero-order chi connectivity index (χ0) is 23.1. The number of amides is 2. The molecular formula is C23H20ClN3O5. The minimum atomic E-state index is -0.646. The minimum Gasteiger partial charge on any atom is -0.477 e. The van der Waals surface area contributed by atoms with E-state index in [4.69, 9.17) is 16.3 Å². The first-order valence-electron chi connectivity index (χ1n) is 9.66. The SMILES string of the molecule is CC(NC(=O)c1ccccc1NC(=O)COc1ccc(Cl)cc1[N+](=O)[O-])c1ccccc1. The molecule has 2 N–H and O–H groups in total. The van der Waals surface area contributed by atoms with Crippen molar-refractivity contribution in [2.24, 2.45) is 0 Å². The first kappa shape index (κ1) is 22.8. The molecule has 1 unspecified atom stereocenters. The van der Waals surface area contributed by atoms with Crippen LogP contribution < -0.4 is 15.4 Å². The molecule has 3 aromatic carbocycles. The van der Waals surface area contributed by atoms with E-state index in [1.54, 1.807) is 24.3 Å². The van der Waals surface area contributed by atoms with Gasteiger partial charge in [-0.05, 0) is 36.8 Å². The molecule has 8 nitrogen and oxygen atoms in total. The Kier molecular flexibility index (Phi) is 7.41. The van der Waals surface area contributed by atoms with Crippen LogP contribution in [0.2, 0.25) is 5.02 Å². The lowest BCUT2D eigenvalue weighted by molar-refractivity contribution is -0.385. The molecule has 2 amide bonds. The molecule has 0 fully saturated rings. The third-order valence-electron chi connectivity index (χ3n) is 4.57. The molecule has 0 aliphatic carbocycles. The van der Waals surface area contributed by atoms with E-state index in [9.17, 15) is 19.7 Å². The van der Waals surface area contributed by atoms with Crippen molar-refractivity contribution in [3.63, 3.8) is 0 Å². The van der Waals surface area contributed by atoms with Crippen LogP contribution in [0.1, 0.15) is 28.9 Å². The molecule has 0 saturated carbocycles. The molecule has 0 heterocycles. The lowest BCUT2D eigenvalue weighted by Crippen LogP contribution is -2.28. The van der Waals surface area contributed by atoms with Gasteiger partial charge in [-0.25, -0.2) is 0 Å². The molecule has 0 bridgehead atoms. The van der Waals surface area contributed by atoms with E-state index in [2.05, 4.69) is 10.6 Å². The molecule has 32 heavy (non-hydrogen) atoms. The first-order valence-corrected chi connectivity index (χ1v) is 10.0. The standard InChI is InChI=1S/C23H20ClN3O5/c1-15(16-7-3-2-4-8-16)25-23(29)18-9-5-6-10-19(18)26-22(28)14-32-21-12-11-17(24)13-20(21)27(30)31/h2-13,15H,14H2,1H3,(H,25,29)(H,26,28). The number of anilines is 1. The highest BCUT2D eigenvalue weighted by Gasteiger charge is 2.19. The molecule has 0 aromatic heterocycles. The van der Waals surface area contributed by atoms with Crippen LogP contribution in [-0.2, 0) is 4.79 Å². The zero-order valence-corrected chi connectivity index (χ0v) is 17.8. The second-order valence-corrected chi connectivity index (χ2v) is 7.29. The fraction of sp³-hybridized carbons (Fsp3) is 0.130. The van der Waals surface area contributed by atoms with Gasteiger partial charge < -0.3 is 15.4 Å². The van der Waals surface area contributed by atoms with Gasteiger partial charge in [-0.3, -0.25) is 19.7 Å². The van der Waals surface area contributed by atoms with Crippen molar-refractivity contribution in [3.05, 3.63) is 99.1 Å². The van der Waals surface area contributed by atoms with Crippen LogP contribution >= 0.6 is 11.6 Å². The molecule has 0 saturated heterocycles. The van der Waals surface area contributed by atoms with Gasteiger partial charge in [0.05, 0.1) is 22.2 Å². The molecule has 1 atom stereocenters. The highest BCUT2D eigenvalue weighted by Crippen LogP contribution is 2.30. The number of nitro groups is 1. The number of nitrogens with one attached hydrogen (secondary N) is 2. The molecule has 9 heteroatoms. The molecule has 0 aliphatic heterocycles. The Morgan fingerprint density at radius 2 is 1.75 bits per heavy atom. The number of ether oxygens (including phenoxy) is 1. The average Bonchev–Trinajstić information content (AvgIpc) is 2.79. The first-order chi connectivity index (χ1) is 15.3. The summed E-state index contributed by atoms with van der Waals surface area (Å²) in [7, 11) is 0. The maximum absolute atomic E-state index is 12.8. The Hall–Kier alpha value is -3.91. The maximum Gasteiger partial charge on any atom is 0.312 e. The Bertz CT molecular complexity index is 1140. The van der Waals surface area contributed by atoms with Gasteiger partial charge in [-0.15, -0.1) is 0 Å². The van der Waals surface area contributed by atoms with Crippen LogP contribution in [0.25, 0.3) is 0 Å². The summed E-state index contributed by atoms with van der Waals surface area (Å²) >= 11 is 5.78. The van der Waals surface area contributed by atoms with Crippen molar-refractivity contribution in [1.29, 1.82) is 0 Å². The average molecular weight is 454 g/mol. The largest absolute Gasteiger partial charge is 0.477 e. The number of hydrogen-bond acceptors (Lipinski definition) is 5. The number of nitro benzene ring substituents is 1. The molecule has 3 rings (SSSR count). The lowest BCUT2D eigenvalue weighted by Gasteiger charge is -2.16. The summed E-state index contributed by atoms with van der Waals surface area (Å²) in [5.74, 6) is -1.02. The lowest BCUT2D eigenvalue weighted by atomic mass is 10.1. The molecular weight excluding hydrogens is 434 g/mol. The molecule has 0 aliphatic rings. The smallest absolute Gasteiger partial charge is 0.312 e. The van der Waals surface area contributed by atoms with Crippen molar-refractivity contribution in [2.75, 3.05) is 11.9 Å². The summed E-state index contributed by atoms with van der Waals surface area (Å²) < 4.78 is 5.30. The Labute approximate surface area is 189 Å². The van der Waals surface area contributed by atoms with Gasteiger partial charge >= 0.3 is 5.69 Å². The van der Waals surface area contributed by atoms with Gasteiger partial charge in [0, 0.05) is 11.1 Å². The van der Waals surface area contributed by atoms with Crippen LogP contribution in [0.4, 0.5) is 11.4 Å². The highest BCUT2D eigenvalue weighted by atomic mass is 35.5. The third kappa shape index (κ3) is 5.83. The Balaban J connectivity index is 1.66. The third-order valence-corrected chi connectivity index (χ3v) is 4.80. The molecule has 0 spiro atoms.